The number of halogens is 1. The molecule has 0 radical (unpaired) electrons. The summed E-state index contributed by atoms with van der Waals surface area (Å²) in [4.78, 5) is 28.5. The predicted octanol–water partition coefficient (Wildman–Crippen LogP) is 6.62. The summed E-state index contributed by atoms with van der Waals surface area (Å²) in [5.74, 6) is -1.27. The first-order valence-electron chi connectivity index (χ1n) is 12.1. The van der Waals surface area contributed by atoms with Gasteiger partial charge in [-0.1, -0.05) is 69.3 Å². The normalized spacial score (nSPS) is 18.8. The Balaban J connectivity index is 1.75. The minimum Gasteiger partial charge on any atom is -0.486 e. The van der Waals surface area contributed by atoms with Crippen molar-refractivity contribution in [1.29, 1.82) is 0 Å². The van der Waals surface area contributed by atoms with Crippen LogP contribution in [0.1, 0.15) is 65.3 Å². The summed E-state index contributed by atoms with van der Waals surface area (Å²) in [5, 5.41) is 11.0. The molecule has 7 heteroatoms. The van der Waals surface area contributed by atoms with Gasteiger partial charge in [-0.05, 0) is 58.0 Å². The Labute approximate surface area is 221 Å². The highest BCUT2D eigenvalue weighted by atomic mass is 35.5. The number of fused-ring (bicyclic) bond motifs is 2. The van der Waals surface area contributed by atoms with Gasteiger partial charge in [-0.2, -0.15) is 0 Å². The van der Waals surface area contributed by atoms with E-state index in [0.29, 0.717) is 52.1 Å². The highest BCUT2D eigenvalue weighted by Crippen LogP contribution is 2.48. The van der Waals surface area contributed by atoms with Crippen LogP contribution in [-0.2, 0) is 10.2 Å². The molecular weight excluding hydrogens is 490 g/mol. The quantitative estimate of drug-likeness (QED) is 0.421. The van der Waals surface area contributed by atoms with Gasteiger partial charge in [0, 0.05) is 16.3 Å². The highest BCUT2D eigenvalue weighted by molar-refractivity contribution is 6.32. The van der Waals surface area contributed by atoms with Crippen molar-refractivity contribution in [2.75, 3.05) is 18.1 Å². The van der Waals surface area contributed by atoms with Crippen LogP contribution in [0.25, 0.3) is 6.08 Å². The van der Waals surface area contributed by atoms with Crippen molar-refractivity contribution in [3.05, 3.63) is 94.0 Å². The van der Waals surface area contributed by atoms with Gasteiger partial charge < -0.3 is 14.6 Å². The molecule has 3 aromatic rings. The molecule has 2 aliphatic heterocycles. The fourth-order valence-corrected chi connectivity index (χ4v) is 5.58. The van der Waals surface area contributed by atoms with Crippen LogP contribution in [0, 0.1) is 0 Å². The molecule has 0 aromatic heterocycles. The lowest BCUT2D eigenvalue weighted by Gasteiger charge is -2.41. The molecule has 5 rings (SSSR count). The summed E-state index contributed by atoms with van der Waals surface area (Å²) >= 11 is 6.71. The Morgan fingerprint density at radius 3 is 2.43 bits per heavy atom. The third-order valence-corrected chi connectivity index (χ3v) is 7.22. The Morgan fingerprint density at radius 2 is 1.78 bits per heavy atom. The maximum atomic E-state index is 14.1. The maximum absolute atomic E-state index is 14.1. The van der Waals surface area contributed by atoms with E-state index in [1.807, 2.05) is 12.1 Å². The van der Waals surface area contributed by atoms with Crippen LogP contribution in [0.2, 0.25) is 5.02 Å². The van der Waals surface area contributed by atoms with Crippen LogP contribution in [-0.4, -0.2) is 30.2 Å². The summed E-state index contributed by atoms with van der Waals surface area (Å²) < 4.78 is 11.4. The summed E-state index contributed by atoms with van der Waals surface area (Å²) in [6, 6.07) is 15.1. The van der Waals surface area contributed by atoms with E-state index in [-0.39, 0.29) is 11.3 Å². The van der Waals surface area contributed by atoms with E-state index in [4.69, 9.17) is 21.1 Å². The van der Waals surface area contributed by atoms with Crippen molar-refractivity contribution in [2.45, 2.75) is 38.1 Å². The van der Waals surface area contributed by atoms with Crippen LogP contribution < -0.4 is 14.4 Å². The molecular formula is C30H28ClNO5. The zero-order valence-corrected chi connectivity index (χ0v) is 21.7. The average molecular weight is 518 g/mol. The molecule has 3 aromatic carbocycles. The summed E-state index contributed by atoms with van der Waals surface area (Å²) in [6.07, 6.45) is 1.63. The molecule has 2 atom stereocenters. The van der Waals surface area contributed by atoms with E-state index >= 15 is 0 Å². The number of rotatable bonds is 4. The number of ether oxygens (including phenoxy) is 2. The van der Waals surface area contributed by atoms with Gasteiger partial charge in [0.25, 0.3) is 5.91 Å². The number of hydrogen-bond donors (Lipinski definition) is 1. The molecule has 0 fully saturated rings. The number of nitrogens with zero attached hydrogens (tertiary/aromatic N) is 1. The molecule has 1 amide bonds. The number of hydrogen-bond acceptors (Lipinski definition) is 4. The third-order valence-electron chi connectivity index (χ3n) is 6.90. The summed E-state index contributed by atoms with van der Waals surface area (Å²) in [5.41, 5.74) is 3.39. The lowest BCUT2D eigenvalue weighted by atomic mass is 9.78. The van der Waals surface area contributed by atoms with Crippen molar-refractivity contribution in [1.82, 2.24) is 0 Å². The van der Waals surface area contributed by atoms with Crippen molar-refractivity contribution in [2.24, 2.45) is 0 Å². The second kappa shape index (κ2) is 9.27. The Kier molecular flexibility index (Phi) is 6.24. The third kappa shape index (κ3) is 4.36. The minimum atomic E-state index is -1.04. The van der Waals surface area contributed by atoms with E-state index in [1.54, 1.807) is 48.5 Å². The number of benzene rings is 3. The van der Waals surface area contributed by atoms with Crippen molar-refractivity contribution >= 4 is 35.2 Å². The number of carbonyl (C=O) groups excluding carboxylic acids is 1. The second-order valence-electron chi connectivity index (χ2n) is 10.3. The van der Waals surface area contributed by atoms with Gasteiger partial charge in [0.15, 0.2) is 11.5 Å². The Morgan fingerprint density at radius 1 is 1.05 bits per heavy atom. The van der Waals surface area contributed by atoms with Gasteiger partial charge in [0.05, 0.1) is 6.04 Å². The lowest BCUT2D eigenvalue weighted by Crippen LogP contribution is -2.45. The fraction of sp³-hybridized carbons (Fsp3) is 0.267. The van der Waals surface area contributed by atoms with Crippen LogP contribution in [0.3, 0.4) is 0 Å². The maximum Gasteiger partial charge on any atom is 0.313 e. The largest absolute Gasteiger partial charge is 0.486 e. The smallest absolute Gasteiger partial charge is 0.313 e. The molecule has 6 nitrogen and oxygen atoms in total. The molecule has 0 saturated carbocycles. The molecule has 190 valence electrons. The molecule has 37 heavy (non-hydrogen) atoms. The van der Waals surface area contributed by atoms with Gasteiger partial charge in [-0.3, -0.25) is 14.5 Å². The number of anilines is 1. The van der Waals surface area contributed by atoms with Gasteiger partial charge in [0.2, 0.25) is 0 Å². The molecule has 0 unspecified atom stereocenters. The van der Waals surface area contributed by atoms with Crippen LogP contribution in [0.15, 0.2) is 61.2 Å². The van der Waals surface area contributed by atoms with Crippen molar-refractivity contribution in [3.63, 3.8) is 0 Å². The predicted molar refractivity (Wildman–Crippen MR) is 144 cm³/mol. The Bertz CT molecular complexity index is 1420. The Hall–Kier alpha value is -3.77. The van der Waals surface area contributed by atoms with E-state index < -0.39 is 17.9 Å². The zero-order chi connectivity index (χ0) is 26.5. The molecule has 1 N–H and O–H groups in total. The second-order valence-corrected chi connectivity index (χ2v) is 10.7. The monoisotopic (exact) mass is 517 g/mol. The molecule has 0 saturated heterocycles. The standard InChI is InChI=1S/C30H28ClNO5/c1-5-17-6-9-20-21(14-17)28(33)32(19-8-10-22(23(31)16-19)30(2,3)4)27(26(20)29(34)35)18-7-11-24-25(15-18)37-13-12-36-24/h5-11,14-16,26-27H,1,12-13H2,2-4H3,(H,34,35)/t26-,27+/m0/s1. The van der Waals surface area contributed by atoms with Crippen LogP contribution in [0.5, 0.6) is 11.5 Å². The van der Waals surface area contributed by atoms with Crippen LogP contribution in [0.4, 0.5) is 5.69 Å². The van der Waals surface area contributed by atoms with E-state index in [1.165, 1.54) is 4.90 Å². The fourth-order valence-electron chi connectivity index (χ4n) is 5.13. The van der Waals surface area contributed by atoms with Crippen molar-refractivity contribution < 1.29 is 24.2 Å². The first-order chi connectivity index (χ1) is 17.6. The number of carboxylic acid groups (broad SMARTS) is 1. The van der Waals surface area contributed by atoms with Crippen molar-refractivity contribution in [3.8, 4) is 11.5 Å². The van der Waals surface area contributed by atoms with Gasteiger partial charge in [0.1, 0.15) is 19.1 Å². The summed E-state index contributed by atoms with van der Waals surface area (Å²) in [7, 11) is 0. The molecule has 0 spiro atoms. The van der Waals surface area contributed by atoms with Crippen LogP contribution >= 0.6 is 11.6 Å². The van der Waals surface area contributed by atoms with E-state index in [9.17, 15) is 14.7 Å². The molecule has 2 aliphatic rings. The lowest BCUT2D eigenvalue weighted by molar-refractivity contribution is -0.139. The highest BCUT2D eigenvalue weighted by Gasteiger charge is 2.45. The topological polar surface area (TPSA) is 76.1 Å². The SMILES string of the molecule is C=Cc1ccc2c(c1)C(=O)N(c1ccc(C(C)(C)C)c(Cl)c1)[C@H](c1ccc3c(c1)OCCO3)[C@H]2C(=O)O. The van der Waals surface area contributed by atoms with Gasteiger partial charge in [-0.25, -0.2) is 0 Å². The summed E-state index contributed by atoms with van der Waals surface area (Å²) in [6.45, 7) is 10.8. The number of carboxylic acids is 1. The molecule has 0 aliphatic carbocycles. The first-order valence-corrected chi connectivity index (χ1v) is 12.5. The average Bonchev–Trinajstić information content (AvgIpc) is 2.87. The van der Waals surface area contributed by atoms with Gasteiger partial charge in [-0.15, -0.1) is 0 Å². The van der Waals surface area contributed by atoms with E-state index in [0.717, 1.165) is 11.1 Å². The molecule has 2 heterocycles. The van der Waals surface area contributed by atoms with E-state index in [2.05, 4.69) is 27.4 Å². The zero-order valence-electron chi connectivity index (χ0n) is 21.0. The first kappa shape index (κ1) is 24.9. The number of carbonyl (C=O) groups is 2. The minimum absolute atomic E-state index is 0.203. The number of aliphatic carboxylic acids is 1. The molecule has 0 bridgehead atoms. The number of amides is 1. The van der Waals surface area contributed by atoms with Gasteiger partial charge >= 0.3 is 5.97 Å².